The zero-order valence-corrected chi connectivity index (χ0v) is 10.3. The molecule has 0 saturated carbocycles. The number of aromatic amines is 1. The third-order valence-corrected chi connectivity index (χ3v) is 2.88. The van der Waals surface area contributed by atoms with E-state index in [9.17, 15) is 0 Å². The Hall–Kier alpha value is -2.43. The first-order chi connectivity index (χ1) is 8.77. The fraction of sp³-hybridized carbons (Fsp3) is 0.154. The van der Waals surface area contributed by atoms with Crippen molar-refractivity contribution in [1.29, 1.82) is 0 Å². The van der Waals surface area contributed by atoms with Crippen LogP contribution in [0.3, 0.4) is 0 Å². The highest BCUT2D eigenvalue weighted by atomic mass is 15.2. The lowest BCUT2D eigenvalue weighted by Crippen LogP contribution is -2.09. The number of rotatable bonds is 2. The van der Waals surface area contributed by atoms with Gasteiger partial charge in [0, 0.05) is 38.2 Å². The third kappa shape index (κ3) is 1.60. The summed E-state index contributed by atoms with van der Waals surface area (Å²) in [5, 5.41) is 8.35. The number of hydrogen-bond acceptors (Lipinski definition) is 4. The van der Waals surface area contributed by atoms with E-state index in [-0.39, 0.29) is 0 Å². The Morgan fingerprint density at radius 2 is 1.83 bits per heavy atom. The Morgan fingerprint density at radius 1 is 1.06 bits per heavy atom. The summed E-state index contributed by atoms with van der Waals surface area (Å²) in [6.07, 6.45) is 5.32. The molecule has 5 heteroatoms. The number of nitrogens with zero attached hydrogens (tertiary/aromatic N) is 4. The molecule has 3 aromatic heterocycles. The Labute approximate surface area is 104 Å². The second-order valence-electron chi connectivity index (χ2n) is 4.26. The van der Waals surface area contributed by atoms with E-state index in [1.165, 1.54) is 0 Å². The molecule has 90 valence electrons. The molecular formula is C13H13N5. The number of aromatic nitrogens is 4. The number of H-pyrrole nitrogens is 1. The van der Waals surface area contributed by atoms with Crippen LogP contribution in [0.5, 0.6) is 0 Å². The van der Waals surface area contributed by atoms with Gasteiger partial charge in [-0.2, -0.15) is 5.10 Å². The third-order valence-electron chi connectivity index (χ3n) is 2.88. The summed E-state index contributed by atoms with van der Waals surface area (Å²) in [5.74, 6) is 0. The van der Waals surface area contributed by atoms with Crippen LogP contribution < -0.4 is 4.90 Å². The number of anilines is 1. The number of fused-ring (bicyclic) bond motifs is 1. The fourth-order valence-electron chi connectivity index (χ4n) is 2.03. The van der Waals surface area contributed by atoms with Crippen LogP contribution in [0.25, 0.3) is 22.3 Å². The SMILES string of the molecule is CN(C)c1ccnc2n[nH]c(-c3ccncc3)c12. The topological polar surface area (TPSA) is 57.7 Å². The monoisotopic (exact) mass is 239 g/mol. The van der Waals surface area contributed by atoms with Crippen molar-refractivity contribution in [3.8, 4) is 11.3 Å². The number of hydrogen-bond donors (Lipinski definition) is 1. The second-order valence-corrected chi connectivity index (χ2v) is 4.26. The molecule has 5 nitrogen and oxygen atoms in total. The van der Waals surface area contributed by atoms with Gasteiger partial charge in [0.15, 0.2) is 5.65 Å². The maximum atomic E-state index is 4.29. The Balaban J connectivity index is 2.31. The Kier molecular flexibility index (Phi) is 2.44. The van der Waals surface area contributed by atoms with Crippen LogP contribution in [0.15, 0.2) is 36.8 Å². The first kappa shape index (κ1) is 10.7. The molecule has 0 atom stereocenters. The van der Waals surface area contributed by atoms with Gasteiger partial charge in [0.05, 0.1) is 16.8 Å². The van der Waals surface area contributed by atoms with E-state index in [1.54, 1.807) is 18.6 Å². The summed E-state index contributed by atoms with van der Waals surface area (Å²) >= 11 is 0. The molecule has 18 heavy (non-hydrogen) atoms. The van der Waals surface area contributed by atoms with Crippen molar-refractivity contribution in [2.75, 3.05) is 19.0 Å². The van der Waals surface area contributed by atoms with Gasteiger partial charge in [-0.1, -0.05) is 0 Å². The van der Waals surface area contributed by atoms with E-state index in [0.29, 0.717) is 0 Å². The van der Waals surface area contributed by atoms with Gasteiger partial charge in [0.2, 0.25) is 0 Å². The van der Waals surface area contributed by atoms with Crippen LogP contribution in [0.2, 0.25) is 0 Å². The molecule has 0 aliphatic rings. The van der Waals surface area contributed by atoms with Crippen LogP contribution in [0, 0.1) is 0 Å². The predicted octanol–water partition coefficient (Wildman–Crippen LogP) is 2.09. The maximum absolute atomic E-state index is 4.29. The average Bonchev–Trinajstić information content (AvgIpc) is 2.83. The van der Waals surface area contributed by atoms with Gasteiger partial charge in [-0.15, -0.1) is 0 Å². The van der Waals surface area contributed by atoms with E-state index in [2.05, 4.69) is 25.1 Å². The van der Waals surface area contributed by atoms with Crippen LogP contribution in [-0.2, 0) is 0 Å². The van der Waals surface area contributed by atoms with Crippen LogP contribution in [0.4, 0.5) is 5.69 Å². The Bertz CT molecular complexity index is 672. The Morgan fingerprint density at radius 3 is 2.56 bits per heavy atom. The normalized spacial score (nSPS) is 10.8. The minimum atomic E-state index is 0.730. The van der Waals surface area contributed by atoms with E-state index in [0.717, 1.165) is 28.0 Å². The summed E-state index contributed by atoms with van der Waals surface area (Å²) < 4.78 is 0. The highest BCUT2D eigenvalue weighted by Gasteiger charge is 2.13. The van der Waals surface area contributed by atoms with Crippen molar-refractivity contribution in [2.24, 2.45) is 0 Å². The minimum Gasteiger partial charge on any atom is -0.377 e. The van der Waals surface area contributed by atoms with Crippen LogP contribution in [-0.4, -0.2) is 34.3 Å². The number of nitrogens with one attached hydrogen (secondary N) is 1. The van der Waals surface area contributed by atoms with E-state index >= 15 is 0 Å². The van der Waals surface area contributed by atoms with Gasteiger partial charge >= 0.3 is 0 Å². The number of pyridine rings is 2. The maximum Gasteiger partial charge on any atom is 0.183 e. The quantitative estimate of drug-likeness (QED) is 0.744. The van der Waals surface area contributed by atoms with Crippen molar-refractivity contribution in [3.63, 3.8) is 0 Å². The zero-order valence-electron chi connectivity index (χ0n) is 10.3. The van der Waals surface area contributed by atoms with E-state index in [4.69, 9.17) is 0 Å². The summed E-state index contributed by atoms with van der Waals surface area (Å²) in [6, 6.07) is 5.90. The van der Waals surface area contributed by atoms with Crippen LogP contribution >= 0.6 is 0 Å². The highest BCUT2D eigenvalue weighted by molar-refractivity contribution is 6.00. The lowest BCUT2D eigenvalue weighted by molar-refractivity contribution is 1.10. The van der Waals surface area contributed by atoms with Crippen molar-refractivity contribution in [1.82, 2.24) is 20.2 Å². The molecule has 0 fully saturated rings. The molecule has 3 aromatic rings. The molecule has 0 bridgehead atoms. The van der Waals surface area contributed by atoms with E-state index < -0.39 is 0 Å². The van der Waals surface area contributed by atoms with Gasteiger partial charge in [-0.25, -0.2) is 4.98 Å². The van der Waals surface area contributed by atoms with Gasteiger partial charge < -0.3 is 4.90 Å². The molecule has 0 aliphatic carbocycles. The second kappa shape index (κ2) is 4.10. The van der Waals surface area contributed by atoms with Crippen molar-refractivity contribution in [2.45, 2.75) is 0 Å². The lowest BCUT2D eigenvalue weighted by atomic mass is 10.1. The molecule has 0 spiro atoms. The van der Waals surface area contributed by atoms with Gasteiger partial charge in [-0.05, 0) is 18.2 Å². The lowest BCUT2D eigenvalue weighted by Gasteiger charge is -2.13. The molecule has 3 rings (SSSR count). The highest BCUT2D eigenvalue weighted by Crippen LogP contribution is 2.31. The standard InChI is InChI=1S/C13H13N5/c1-18(2)10-5-8-15-13-11(10)12(16-17-13)9-3-6-14-7-4-9/h3-8H,1-2H3,(H,15,16,17). The summed E-state index contributed by atoms with van der Waals surface area (Å²) in [5.41, 5.74) is 3.86. The molecule has 0 aliphatic heterocycles. The molecule has 0 saturated heterocycles. The smallest absolute Gasteiger partial charge is 0.183 e. The molecule has 3 heterocycles. The first-order valence-corrected chi connectivity index (χ1v) is 5.68. The molecule has 0 radical (unpaired) electrons. The molecule has 1 N–H and O–H groups in total. The molecule has 0 amide bonds. The average molecular weight is 239 g/mol. The minimum absolute atomic E-state index is 0.730. The molecule has 0 aromatic carbocycles. The van der Waals surface area contributed by atoms with Gasteiger partial charge in [-0.3, -0.25) is 10.1 Å². The van der Waals surface area contributed by atoms with Crippen molar-refractivity contribution < 1.29 is 0 Å². The fourth-order valence-corrected chi connectivity index (χ4v) is 2.03. The summed E-state index contributed by atoms with van der Waals surface area (Å²) in [7, 11) is 4.02. The van der Waals surface area contributed by atoms with Crippen LogP contribution in [0.1, 0.15) is 0 Å². The molecular weight excluding hydrogens is 226 g/mol. The first-order valence-electron chi connectivity index (χ1n) is 5.68. The summed E-state index contributed by atoms with van der Waals surface area (Å²) in [6.45, 7) is 0. The van der Waals surface area contributed by atoms with Crippen molar-refractivity contribution >= 4 is 16.7 Å². The predicted molar refractivity (Wildman–Crippen MR) is 71.4 cm³/mol. The zero-order chi connectivity index (χ0) is 12.5. The van der Waals surface area contributed by atoms with Gasteiger partial charge in [0.25, 0.3) is 0 Å². The molecule has 0 unspecified atom stereocenters. The largest absolute Gasteiger partial charge is 0.377 e. The van der Waals surface area contributed by atoms with E-state index in [1.807, 2.05) is 32.3 Å². The summed E-state index contributed by atoms with van der Waals surface area (Å²) in [4.78, 5) is 10.4. The van der Waals surface area contributed by atoms with Gasteiger partial charge in [0.1, 0.15) is 0 Å². The van der Waals surface area contributed by atoms with Crippen molar-refractivity contribution in [3.05, 3.63) is 36.8 Å².